The summed E-state index contributed by atoms with van der Waals surface area (Å²) in [5.74, 6) is 0.0855. The van der Waals surface area contributed by atoms with Crippen molar-refractivity contribution in [3.8, 4) is 5.75 Å². The minimum Gasteiger partial charge on any atom is -0.507 e. The summed E-state index contributed by atoms with van der Waals surface area (Å²) >= 11 is 0. The van der Waals surface area contributed by atoms with E-state index in [1.807, 2.05) is 24.3 Å². The zero-order valence-corrected chi connectivity index (χ0v) is 14.2. The Morgan fingerprint density at radius 1 is 1.12 bits per heavy atom. The van der Waals surface area contributed by atoms with Crippen molar-refractivity contribution in [3.63, 3.8) is 0 Å². The molecule has 3 rings (SSSR count). The van der Waals surface area contributed by atoms with Crippen LogP contribution < -0.4 is 5.32 Å². The van der Waals surface area contributed by atoms with Crippen LogP contribution in [0, 0.1) is 5.92 Å². The van der Waals surface area contributed by atoms with Gasteiger partial charge < -0.3 is 15.5 Å². The van der Waals surface area contributed by atoms with Crippen LogP contribution in [-0.2, 0) is 6.54 Å². The van der Waals surface area contributed by atoms with Crippen LogP contribution in [0.15, 0.2) is 48.5 Å². The highest BCUT2D eigenvalue weighted by Gasteiger charge is 2.18. The fourth-order valence-electron chi connectivity index (χ4n) is 3.20. The average molecular weight is 340 g/mol. The summed E-state index contributed by atoms with van der Waals surface area (Å²) in [6.45, 7) is 3.08. The third-order valence-corrected chi connectivity index (χ3v) is 4.71. The van der Waals surface area contributed by atoms with Crippen LogP contribution in [-0.4, -0.2) is 40.7 Å². The average Bonchev–Trinajstić information content (AvgIpc) is 2.63. The Morgan fingerprint density at radius 2 is 1.88 bits per heavy atom. The fourth-order valence-corrected chi connectivity index (χ4v) is 3.20. The second kappa shape index (κ2) is 8.14. The summed E-state index contributed by atoms with van der Waals surface area (Å²) in [6, 6.07) is 14.3. The van der Waals surface area contributed by atoms with Gasteiger partial charge in [-0.1, -0.05) is 24.3 Å². The van der Waals surface area contributed by atoms with E-state index in [2.05, 4.69) is 10.2 Å². The number of para-hydroxylation sites is 1. The van der Waals surface area contributed by atoms with Crippen LogP contribution in [0.25, 0.3) is 0 Å². The number of aliphatic hydroxyl groups is 1. The number of rotatable bonds is 5. The number of anilines is 1. The van der Waals surface area contributed by atoms with E-state index in [-0.39, 0.29) is 23.8 Å². The first-order valence-electron chi connectivity index (χ1n) is 8.67. The first kappa shape index (κ1) is 17.5. The summed E-state index contributed by atoms with van der Waals surface area (Å²) < 4.78 is 0. The molecule has 1 aliphatic rings. The molecule has 2 aromatic rings. The topological polar surface area (TPSA) is 72.8 Å². The highest BCUT2D eigenvalue weighted by molar-refractivity contribution is 6.06. The predicted molar refractivity (Wildman–Crippen MR) is 97.6 cm³/mol. The molecule has 2 aromatic carbocycles. The fraction of sp³-hybridized carbons (Fsp3) is 0.350. The summed E-state index contributed by atoms with van der Waals surface area (Å²) in [5, 5.41) is 21.9. The molecule has 0 saturated carbocycles. The molecule has 132 valence electrons. The van der Waals surface area contributed by atoms with Crippen LogP contribution in [0.3, 0.4) is 0 Å². The van der Waals surface area contributed by atoms with Crippen LogP contribution in [0.1, 0.15) is 28.8 Å². The summed E-state index contributed by atoms with van der Waals surface area (Å²) in [6.07, 6.45) is 2.06. The van der Waals surface area contributed by atoms with Gasteiger partial charge >= 0.3 is 0 Å². The summed E-state index contributed by atoms with van der Waals surface area (Å²) in [4.78, 5) is 14.7. The monoisotopic (exact) mass is 340 g/mol. The Morgan fingerprint density at radius 3 is 2.60 bits per heavy atom. The van der Waals surface area contributed by atoms with Gasteiger partial charge in [0.25, 0.3) is 5.91 Å². The van der Waals surface area contributed by atoms with Crippen LogP contribution in [0.5, 0.6) is 5.75 Å². The van der Waals surface area contributed by atoms with Gasteiger partial charge in [0, 0.05) is 18.8 Å². The Bertz CT molecular complexity index is 724. The SMILES string of the molecule is O=C(Nc1cccc(CN2CCC(CO)CC2)c1)c1ccccc1O. The lowest BCUT2D eigenvalue weighted by Crippen LogP contribution is -2.34. The van der Waals surface area contributed by atoms with E-state index in [4.69, 9.17) is 0 Å². The smallest absolute Gasteiger partial charge is 0.259 e. The molecule has 1 heterocycles. The number of hydrogen-bond acceptors (Lipinski definition) is 4. The number of aromatic hydroxyl groups is 1. The Labute approximate surface area is 147 Å². The van der Waals surface area contributed by atoms with Crippen molar-refractivity contribution in [1.82, 2.24) is 4.90 Å². The molecular weight excluding hydrogens is 316 g/mol. The third kappa shape index (κ3) is 4.59. The van der Waals surface area contributed by atoms with Crippen molar-refractivity contribution in [2.75, 3.05) is 25.0 Å². The number of nitrogens with one attached hydrogen (secondary N) is 1. The molecule has 1 saturated heterocycles. The maximum absolute atomic E-state index is 12.3. The number of piperidine rings is 1. The number of nitrogens with zero attached hydrogens (tertiary/aromatic N) is 1. The molecular formula is C20H24N2O3. The molecule has 0 atom stereocenters. The normalized spacial score (nSPS) is 15.9. The van der Waals surface area contributed by atoms with Crippen LogP contribution in [0.2, 0.25) is 0 Å². The molecule has 0 unspecified atom stereocenters. The van der Waals surface area contributed by atoms with Crippen molar-refractivity contribution in [3.05, 3.63) is 59.7 Å². The molecule has 5 nitrogen and oxygen atoms in total. The zero-order chi connectivity index (χ0) is 17.6. The summed E-state index contributed by atoms with van der Waals surface area (Å²) in [5.41, 5.74) is 2.12. The van der Waals surface area contributed by atoms with Gasteiger partial charge in [0.1, 0.15) is 5.75 Å². The first-order valence-corrected chi connectivity index (χ1v) is 8.67. The molecule has 0 bridgehead atoms. The maximum atomic E-state index is 12.3. The number of carbonyl (C=O) groups excluding carboxylic acids is 1. The van der Waals surface area contributed by atoms with Gasteiger partial charge in [-0.3, -0.25) is 9.69 Å². The van der Waals surface area contributed by atoms with E-state index in [1.165, 1.54) is 6.07 Å². The van der Waals surface area contributed by atoms with Crippen LogP contribution >= 0.6 is 0 Å². The quantitative estimate of drug-likeness (QED) is 0.783. The molecule has 3 N–H and O–H groups in total. The molecule has 1 aliphatic heterocycles. The Balaban J connectivity index is 1.62. The van der Waals surface area contributed by atoms with E-state index >= 15 is 0 Å². The number of aliphatic hydroxyl groups excluding tert-OH is 1. The molecule has 5 heteroatoms. The van der Waals surface area contributed by atoms with Gasteiger partial charge in [-0.05, 0) is 61.7 Å². The number of phenolic OH excluding ortho intramolecular Hbond substituents is 1. The second-order valence-corrected chi connectivity index (χ2v) is 6.57. The highest BCUT2D eigenvalue weighted by atomic mass is 16.3. The van der Waals surface area contributed by atoms with E-state index in [9.17, 15) is 15.0 Å². The number of carbonyl (C=O) groups is 1. The molecule has 0 aromatic heterocycles. The van der Waals surface area contributed by atoms with Gasteiger partial charge in [-0.25, -0.2) is 0 Å². The van der Waals surface area contributed by atoms with Gasteiger partial charge in [-0.2, -0.15) is 0 Å². The van der Waals surface area contributed by atoms with Crippen molar-refractivity contribution in [1.29, 1.82) is 0 Å². The first-order chi connectivity index (χ1) is 12.2. The molecule has 25 heavy (non-hydrogen) atoms. The highest BCUT2D eigenvalue weighted by Crippen LogP contribution is 2.21. The Kier molecular flexibility index (Phi) is 5.68. The molecule has 0 spiro atoms. The molecule has 1 amide bonds. The lowest BCUT2D eigenvalue weighted by atomic mass is 9.97. The molecule has 0 radical (unpaired) electrons. The Hall–Kier alpha value is -2.37. The number of benzene rings is 2. The van der Waals surface area contributed by atoms with Crippen LogP contribution in [0.4, 0.5) is 5.69 Å². The second-order valence-electron chi connectivity index (χ2n) is 6.57. The minimum absolute atomic E-state index is 0.0251. The van der Waals surface area contributed by atoms with Gasteiger partial charge in [-0.15, -0.1) is 0 Å². The largest absolute Gasteiger partial charge is 0.507 e. The number of amides is 1. The summed E-state index contributed by atoms with van der Waals surface area (Å²) in [7, 11) is 0. The van der Waals surface area contributed by atoms with Gasteiger partial charge in [0.05, 0.1) is 5.56 Å². The number of likely N-dealkylation sites (tertiary alicyclic amines) is 1. The zero-order valence-electron chi connectivity index (χ0n) is 14.2. The van der Waals surface area contributed by atoms with Crippen molar-refractivity contribution >= 4 is 11.6 Å². The van der Waals surface area contributed by atoms with Crippen molar-refractivity contribution in [2.45, 2.75) is 19.4 Å². The third-order valence-electron chi connectivity index (χ3n) is 4.71. The van der Waals surface area contributed by atoms with Crippen molar-refractivity contribution < 1.29 is 15.0 Å². The molecule has 0 aliphatic carbocycles. The lowest BCUT2D eigenvalue weighted by molar-refractivity contribution is 0.102. The number of hydrogen-bond donors (Lipinski definition) is 3. The molecule has 1 fully saturated rings. The van der Waals surface area contributed by atoms with E-state index in [0.29, 0.717) is 5.92 Å². The minimum atomic E-state index is -0.320. The van der Waals surface area contributed by atoms with E-state index in [1.54, 1.807) is 18.2 Å². The van der Waals surface area contributed by atoms with E-state index < -0.39 is 0 Å². The van der Waals surface area contributed by atoms with E-state index in [0.717, 1.165) is 43.7 Å². The predicted octanol–water partition coefficient (Wildman–Crippen LogP) is 2.85. The lowest BCUT2D eigenvalue weighted by Gasteiger charge is -2.31. The number of phenols is 1. The van der Waals surface area contributed by atoms with Gasteiger partial charge in [0.2, 0.25) is 0 Å². The van der Waals surface area contributed by atoms with Gasteiger partial charge in [0.15, 0.2) is 0 Å². The maximum Gasteiger partial charge on any atom is 0.259 e. The van der Waals surface area contributed by atoms with Crippen molar-refractivity contribution in [2.24, 2.45) is 5.92 Å². The standard InChI is InChI=1S/C20H24N2O3/c23-14-15-8-10-22(11-9-15)13-16-4-3-5-17(12-16)21-20(25)18-6-1-2-7-19(18)24/h1-7,12,15,23-24H,8-11,13-14H2,(H,21,25).